The summed E-state index contributed by atoms with van der Waals surface area (Å²) < 4.78 is 0. The van der Waals surface area contributed by atoms with E-state index in [4.69, 9.17) is 11.6 Å². The first-order valence-corrected chi connectivity index (χ1v) is 6.66. The van der Waals surface area contributed by atoms with Crippen LogP contribution in [0.15, 0.2) is 36.5 Å². The van der Waals surface area contributed by atoms with Gasteiger partial charge in [-0.3, -0.25) is 0 Å². The van der Waals surface area contributed by atoms with Gasteiger partial charge in [-0.15, -0.1) is 0 Å². The van der Waals surface area contributed by atoms with Crippen molar-refractivity contribution in [2.75, 3.05) is 5.32 Å². The Kier molecular flexibility index (Phi) is 4.27. The van der Waals surface area contributed by atoms with Gasteiger partial charge in [-0.25, -0.2) is 4.98 Å². The van der Waals surface area contributed by atoms with Crippen molar-refractivity contribution in [3.63, 3.8) is 0 Å². The zero-order chi connectivity index (χ0) is 13.8. The van der Waals surface area contributed by atoms with E-state index in [1.807, 2.05) is 31.2 Å². The van der Waals surface area contributed by atoms with E-state index in [0.717, 1.165) is 23.2 Å². The number of nitrogens with one attached hydrogen (secondary N) is 1. The fourth-order valence-electron chi connectivity index (χ4n) is 2.02. The third kappa shape index (κ3) is 3.18. The first-order chi connectivity index (χ1) is 9.11. The van der Waals surface area contributed by atoms with Crippen molar-refractivity contribution in [2.24, 2.45) is 0 Å². The van der Waals surface area contributed by atoms with E-state index in [0.29, 0.717) is 10.9 Å². The summed E-state index contributed by atoms with van der Waals surface area (Å²) in [6.07, 6.45) is 2.57. The van der Waals surface area contributed by atoms with E-state index in [1.54, 1.807) is 12.3 Å². The molecule has 4 heteroatoms. The molecule has 0 aliphatic heterocycles. The average molecular weight is 277 g/mol. The van der Waals surface area contributed by atoms with E-state index < -0.39 is 0 Å². The van der Waals surface area contributed by atoms with Crippen LogP contribution >= 0.6 is 11.6 Å². The maximum Gasteiger partial charge on any atom is 0.132 e. The maximum absolute atomic E-state index is 9.91. The highest BCUT2D eigenvalue weighted by molar-refractivity contribution is 6.30. The second-order valence-corrected chi connectivity index (χ2v) is 4.85. The SMILES string of the molecule is CCC(Nc1cnc(Cl)c(C)c1)c1ccccc1O. The van der Waals surface area contributed by atoms with E-state index in [2.05, 4.69) is 17.2 Å². The van der Waals surface area contributed by atoms with Crippen molar-refractivity contribution in [3.05, 3.63) is 52.8 Å². The van der Waals surface area contributed by atoms with Gasteiger partial charge in [0.15, 0.2) is 0 Å². The predicted octanol–water partition coefficient (Wildman–Crippen LogP) is 4.31. The monoisotopic (exact) mass is 276 g/mol. The largest absolute Gasteiger partial charge is 0.508 e. The predicted molar refractivity (Wildman–Crippen MR) is 78.7 cm³/mol. The fourth-order valence-corrected chi connectivity index (χ4v) is 2.12. The Balaban J connectivity index is 2.24. The molecular formula is C15H17ClN2O. The van der Waals surface area contributed by atoms with Gasteiger partial charge in [-0.1, -0.05) is 36.7 Å². The number of phenols is 1. The van der Waals surface area contributed by atoms with Crippen LogP contribution in [0.2, 0.25) is 5.15 Å². The van der Waals surface area contributed by atoms with Gasteiger partial charge >= 0.3 is 0 Å². The maximum atomic E-state index is 9.91. The number of halogens is 1. The molecule has 0 bridgehead atoms. The van der Waals surface area contributed by atoms with Crippen LogP contribution in [-0.2, 0) is 0 Å². The van der Waals surface area contributed by atoms with Crippen LogP contribution in [0.1, 0.15) is 30.5 Å². The van der Waals surface area contributed by atoms with Gasteiger partial charge in [0.05, 0.1) is 17.9 Å². The molecule has 1 aromatic heterocycles. The summed E-state index contributed by atoms with van der Waals surface area (Å²) in [7, 11) is 0. The first kappa shape index (κ1) is 13.7. The quantitative estimate of drug-likeness (QED) is 0.818. The topological polar surface area (TPSA) is 45.2 Å². The second kappa shape index (κ2) is 5.93. The van der Waals surface area contributed by atoms with Gasteiger partial charge in [0.2, 0.25) is 0 Å². The number of anilines is 1. The Bertz CT molecular complexity index is 572. The standard InChI is InChI=1S/C15H17ClN2O/c1-3-13(12-6-4-5-7-14(12)19)18-11-8-10(2)15(16)17-9-11/h4-9,13,18-19H,3H2,1-2H3. The number of hydrogen-bond donors (Lipinski definition) is 2. The van der Waals surface area contributed by atoms with E-state index in [-0.39, 0.29) is 6.04 Å². The Morgan fingerprint density at radius 3 is 2.74 bits per heavy atom. The number of rotatable bonds is 4. The lowest BCUT2D eigenvalue weighted by Crippen LogP contribution is -2.10. The van der Waals surface area contributed by atoms with Crippen LogP contribution in [0, 0.1) is 6.92 Å². The highest BCUT2D eigenvalue weighted by Crippen LogP contribution is 2.29. The summed E-state index contributed by atoms with van der Waals surface area (Å²) in [5, 5.41) is 13.8. The normalized spacial score (nSPS) is 12.2. The summed E-state index contributed by atoms with van der Waals surface area (Å²) in [4.78, 5) is 4.12. The Labute approximate surface area is 118 Å². The summed E-state index contributed by atoms with van der Waals surface area (Å²) in [6, 6.07) is 9.36. The third-order valence-electron chi connectivity index (χ3n) is 3.08. The zero-order valence-electron chi connectivity index (χ0n) is 11.0. The molecule has 0 saturated heterocycles. The van der Waals surface area contributed by atoms with Gasteiger partial charge in [0, 0.05) is 5.56 Å². The van der Waals surface area contributed by atoms with Crippen LogP contribution in [0.4, 0.5) is 5.69 Å². The lowest BCUT2D eigenvalue weighted by atomic mass is 10.0. The molecule has 19 heavy (non-hydrogen) atoms. The van der Waals surface area contributed by atoms with Crippen LogP contribution in [-0.4, -0.2) is 10.1 Å². The van der Waals surface area contributed by atoms with Crippen molar-refractivity contribution >= 4 is 17.3 Å². The van der Waals surface area contributed by atoms with E-state index in [1.165, 1.54) is 0 Å². The molecule has 0 amide bonds. The molecular weight excluding hydrogens is 260 g/mol. The molecule has 0 aliphatic carbocycles. The van der Waals surface area contributed by atoms with Gasteiger partial charge in [-0.2, -0.15) is 0 Å². The number of pyridine rings is 1. The minimum Gasteiger partial charge on any atom is -0.508 e. The molecule has 1 aromatic carbocycles. The molecule has 1 heterocycles. The number of aromatic nitrogens is 1. The molecule has 3 nitrogen and oxygen atoms in total. The molecule has 1 atom stereocenters. The lowest BCUT2D eigenvalue weighted by Gasteiger charge is -2.20. The van der Waals surface area contributed by atoms with E-state index in [9.17, 15) is 5.11 Å². The number of hydrogen-bond acceptors (Lipinski definition) is 3. The average Bonchev–Trinajstić information content (AvgIpc) is 2.41. The summed E-state index contributed by atoms with van der Waals surface area (Å²) >= 11 is 5.91. The molecule has 2 rings (SSSR count). The van der Waals surface area contributed by atoms with Crippen LogP contribution in [0.3, 0.4) is 0 Å². The van der Waals surface area contributed by atoms with Gasteiger partial charge in [0.25, 0.3) is 0 Å². The van der Waals surface area contributed by atoms with Crippen molar-refractivity contribution in [2.45, 2.75) is 26.3 Å². The molecule has 0 saturated carbocycles. The fraction of sp³-hybridized carbons (Fsp3) is 0.267. The van der Waals surface area contributed by atoms with Crippen molar-refractivity contribution in [1.82, 2.24) is 4.98 Å². The molecule has 0 aliphatic rings. The van der Waals surface area contributed by atoms with Gasteiger partial charge < -0.3 is 10.4 Å². The molecule has 2 N–H and O–H groups in total. The third-order valence-corrected chi connectivity index (χ3v) is 3.47. The van der Waals surface area contributed by atoms with Crippen molar-refractivity contribution < 1.29 is 5.11 Å². The van der Waals surface area contributed by atoms with Gasteiger partial charge in [-0.05, 0) is 31.0 Å². The van der Waals surface area contributed by atoms with Gasteiger partial charge in [0.1, 0.15) is 10.9 Å². The van der Waals surface area contributed by atoms with E-state index >= 15 is 0 Å². The summed E-state index contributed by atoms with van der Waals surface area (Å²) in [5.41, 5.74) is 2.72. The molecule has 0 fully saturated rings. The van der Waals surface area contributed by atoms with Crippen molar-refractivity contribution in [1.29, 1.82) is 0 Å². The number of aromatic hydroxyl groups is 1. The number of benzene rings is 1. The minimum absolute atomic E-state index is 0.0450. The Morgan fingerprint density at radius 1 is 1.37 bits per heavy atom. The molecule has 0 radical (unpaired) electrons. The Hall–Kier alpha value is -1.74. The highest BCUT2D eigenvalue weighted by Gasteiger charge is 2.13. The lowest BCUT2D eigenvalue weighted by molar-refractivity contribution is 0.463. The highest BCUT2D eigenvalue weighted by atomic mass is 35.5. The number of phenolic OH excluding ortho intramolecular Hbond substituents is 1. The number of para-hydroxylation sites is 1. The van der Waals surface area contributed by atoms with Crippen LogP contribution < -0.4 is 5.32 Å². The molecule has 0 spiro atoms. The number of aryl methyl sites for hydroxylation is 1. The Morgan fingerprint density at radius 2 is 2.11 bits per heavy atom. The smallest absolute Gasteiger partial charge is 0.132 e. The summed E-state index contributed by atoms with van der Waals surface area (Å²) in [5.74, 6) is 0.306. The van der Waals surface area contributed by atoms with Crippen molar-refractivity contribution in [3.8, 4) is 5.75 Å². The summed E-state index contributed by atoms with van der Waals surface area (Å²) in [6.45, 7) is 3.99. The zero-order valence-corrected chi connectivity index (χ0v) is 11.8. The minimum atomic E-state index is 0.0450. The van der Waals surface area contributed by atoms with Crippen LogP contribution in [0.25, 0.3) is 0 Å². The molecule has 2 aromatic rings. The second-order valence-electron chi connectivity index (χ2n) is 4.50. The number of nitrogens with zero attached hydrogens (tertiary/aromatic N) is 1. The first-order valence-electron chi connectivity index (χ1n) is 6.28. The van der Waals surface area contributed by atoms with Crippen LogP contribution in [0.5, 0.6) is 5.75 Å². The molecule has 1 unspecified atom stereocenters. The molecule has 100 valence electrons.